The highest BCUT2D eigenvalue weighted by Gasteiger charge is 2.56. The number of ketones is 3. The number of unbranched alkanes of at least 4 members (excludes halogenated alkanes) is 1. The van der Waals surface area contributed by atoms with E-state index in [1.807, 2.05) is 37.3 Å². The van der Waals surface area contributed by atoms with Crippen molar-refractivity contribution in [1.82, 2.24) is 0 Å². The average Bonchev–Trinajstić information content (AvgIpc) is 2.87. The van der Waals surface area contributed by atoms with Crippen LogP contribution in [0.4, 0.5) is 0 Å². The Morgan fingerprint density at radius 3 is 2.04 bits per heavy atom. The van der Waals surface area contributed by atoms with Gasteiger partial charge in [0.25, 0.3) is 0 Å². The van der Waals surface area contributed by atoms with Gasteiger partial charge in [0.05, 0.1) is 0 Å². The zero-order chi connectivity index (χ0) is 18.7. The molecule has 0 fully saturated rings. The molecule has 1 aliphatic rings. The lowest BCUT2D eigenvalue weighted by Crippen LogP contribution is -2.42. The van der Waals surface area contributed by atoms with Crippen LogP contribution in [-0.2, 0) is 4.79 Å². The van der Waals surface area contributed by atoms with Gasteiger partial charge in [0.2, 0.25) is 0 Å². The molecule has 4 heteroatoms. The number of carbonyl (C=O) groups excluding carboxylic acids is 3. The number of Topliss-reactive ketones (excluding diaryl/α,β-unsaturated/α-hetero) is 3. The largest absolute Gasteiger partial charge is 0.300 e. The first-order chi connectivity index (χ1) is 12.5. The average molecular weight is 413 g/mol. The van der Waals surface area contributed by atoms with Gasteiger partial charge in [0, 0.05) is 29.9 Å². The summed E-state index contributed by atoms with van der Waals surface area (Å²) in [6, 6.07) is 16.2. The van der Waals surface area contributed by atoms with Crippen molar-refractivity contribution in [3.63, 3.8) is 0 Å². The third-order valence-corrected chi connectivity index (χ3v) is 6.27. The fourth-order valence-electron chi connectivity index (χ4n) is 3.57. The van der Waals surface area contributed by atoms with Crippen molar-refractivity contribution in [3.8, 4) is 0 Å². The van der Waals surface area contributed by atoms with Gasteiger partial charge in [-0.25, -0.2) is 0 Å². The summed E-state index contributed by atoms with van der Waals surface area (Å²) in [7, 11) is 0. The summed E-state index contributed by atoms with van der Waals surface area (Å²) < 4.78 is -1.42. The zero-order valence-corrected chi connectivity index (χ0v) is 16.3. The summed E-state index contributed by atoms with van der Waals surface area (Å²) in [5.41, 5.74) is 1.68. The maximum Gasteiger partial charge on any atom is 0.188 e. The molecule has 1 aliphatic carbocycles. The molecule has 0 N–H and O–H groups in total. The summed E-state index contributed by atoms with van der Waals surface area (Å²) >= 11 is 3.51. The molecule has 2 aromatic carbocycles. The van der Waals surface area contributed by atoms with Crippen LogP contribution in [0.15, 0.2) is 54.6 Å². The van der Waals surface area contributed by atoms with Crippen molar-refractivity contribution in [1.29, 1.82) is 0 Å². The fourth-order valence-corrected chi connectivity index (χ4v) is 4.42. The molecular weight excluding hydrogens is 392 g/mol. The van der Waals surface area contributed by atoms with E-state index in [0.29, 0.717) is 17.5 Å². The van der Waals surface area contributed by atoms with Crippen LogP contribution < -0.4 is 0 Å². The summed E-state index contributed by atoms with van der Waals surface area (Å²) in [5, 5.41) is 0. The number of halogens is 1. The number of alkyl halides is 1. The smallest absolute Gasteiger partial charge is 0.188 e. The molecule has 0 bridgehead atoms. The standard InChI is InChI=1S/C22H21BrO3/c1-2-3-11-16(24)14-19(15-9-5-4-6-10-15)22(23)20(25)17-12-7-8-13-18(17)21(22)26/h4-10,12-13,19H,2-3,11,14H2,1H3/t19-/m1/s1. The van der Waals surface area contributed by atoms with Gasteiger partial charge < -0.3 is 0 Å². The van der Waals surface area contributed by atoms with Crippen molar-refractivity contribution >= 4 is 33.3 Å². The van der Waals surface area contributed by atoms with Crippen molar-refractivity contribution in [2.45, 2.75) is 42.8 Å². The van der Waals surface area contributed by atoms with Crippen LogP contribution in [-0.4, -0.2) is 21.7 Å². The number of fused-ring (bicyclic) bond motifs is 1. The van der Waals surface area contributed by atoms with Crippen LogP contribution in [0.25, 0.3) is 0 Å². The van der Waals surface area contributed by atoms with E-state index >= 15 is 0 Å². The van der Waals surface area contributed by atoms with Crippen molar-refractivity contribution in [2.75, 3.05) is 0 Å². The van der Waals surface area contributed by atoms with Gasteiger partial charge in [-0.15, -0.1) is 0 Å². The molecule has 3 rings (SSSR count). The Balaban J connectivity index is 2.03. The van der Waals surface area contributed by atoms with E-state index in [1.54, 1.807) is 24.3 Å². The Bertz CT molecular complexity index is 806. The molecular formula is C22H21BrO3. The van der Waals surface area contributed by atoms with Crippen LogP contribution in [0.5, 0.6) is 0 Å². The summed E-state index contributed by atoms with van der Waals surface area (Å²) in [5.74, 6) is -0.956. The Hall–Kier alpha value is -2.07. The molecule has 0 spiro atoms. The second-order valence-corrected chi connectivity index (χ2v) is 7.98. The van der Waals surface area contributed by atoms with Gasteiger partial charge in [-0.1, -0.05) is 83.9 Å². The predicted molar refractivity (Wildman–Crippen MR) is 105 cm³/mol. The third-order valence-electron chi connectivity index (χ3n) is 5.00. The molecule has 0 aliphatic heterocycles. The molecule has 134 valence electrons. The Kier molecular flexibility index (Phi) is 5.52. The van der Waals surface area contributed by atoms with Crippen LogP contribution in [0.3, 0.4) is 0 Å². The van der Waals surface area contributed by atoms with Crippen molar-refractivity contribution < 1.29 is 14.4 Å². The minimum atomic E-state index is -1.42. The second kappa shape index (κ2) is 7.67. The molecule has 0 radical (unpaired) electrons. The van der Waals surface area contributed by atoms with Gasteiger partial charge in [-0.3, -0.25) is 14.4 Å². The molecule has 0 amide bonds. The lowest BCUT2D eigenvalue weighted by molar-refractivity contribution is -0.119. The van der Waals surface area contributed by atoms with Gasteiger partial charge >= 0.3 is 0 Å². The second-order valence-electron chi connectivity index (χ2n) is 6.73. The van der Waals surface area contributed by atoms with E-state index in [-0.39, 0.29) is 23.8 Å². The molecule has 2 aromatic rings. The van der Waals surface area contributed by atoms with Gasteiger partial charge in [-0.05, 0) is 12.0 Å². The first-order valence-electron chi connectivity index (χ1n) is 8.94. The topological polar surface area (TPSA) is 51.2 Å². The lowest BCUT2D eigenvalue weighted by atomic mass is 9.79. The number of rotatable bonds is 7. The monoisotopic (exact) mass is 412 g/mol. The SMILES string of the molecule is CCCCC(=O)C[C@H](c1ccccc1)C1(Br)C(=O)c2ccccc2C1=O. The zero-order valence-electron chi connectivity index (χ0n) is 14.7. The lowest BCUT2D eigenvalue weighted by Gasteiger charge is -2.29. The quantitative estimate of drug-likeness (QED) is 0.467. The molecule has 0 heterocycles. The number of carbonyl (C=O) groups is 3. The van der Waals surface area contributed by atoms with E-state index in [4.69, 9.17) is 0 Å². The predicted octanol–water partition coefficient (Wildman–Crippen LogP) is 5.13. The van der Waals surface area contributed by atoms with Gasteiger partial charge in [0.1, 0.15) is 5.78 Å². The molecule has 0 unspecified atom stereocenters. The van der Waals surface area contributed by atoms with E-state index < -0.39 is 10.2 Å². The van der Waals surface area contributed by atoms with E-state index in [9.17, 15) is 14.4 Å². The normalized spacial score (nSPS) is 16.4. The van der Waals surface area contributed by atoms with Gasteiger partial charge in [-0.2, -0.15) is 0 Å². The first-order valence-corrected chi connectivity index (χ1v) is 9.73. The highest BCUT2D eigenvalue weighted by molar-refractivity contribution is 9.10. The highest BCUT2D eigenvalue weighted by atomic mass is 79.9. The minimum Gasteiger partial charge on any atom is -0.300 e. The molecule has 26 heavy (non-hydrogen) atoms. The Labute approximate surface area is 161 Å². The summed E-state index contributed by atoms with van der Waals surface area (Å²) in [4.78, 5) is 38.8. The fraction of sp³-hybridized carbons (Fsp3) is 0.318. The van der Waals surface area contributed by atoms with Gasteiger partial charge in [0.15, 0.2) is 15.9 Å². The highest BCUT2D eigenvalue weighted by Crippen LogP contribution is 2.48. The maximum atomic E-state index is 13.2. The number of benzene rings is 2. The van der Waals surface area contributed by atoms with Crippen LogP contribution in [0.1, 0.15) is 64.8 Å². The molecule has 0 saturated carbocycles. The van der Waals surface area contributed by atoms with Crippen molar-refractivity contribution in [3.05, 3.63) is 71.3 Å². The number of hydrogen-bond acceptors (Lipinski definition) is 3. The Morgan fingerprint density at radius 1 is 0.962 bits per heavy atom. The minimum absolute atomic E-state index is 0.0797. The van der Waals surface area contributed by atoms with E-state index in [2.05, 4.69) is 15.9 Å². The Morgan fingerprint density at radius 2 is 1.50 bits per heavy atom. The third kappa shape index (κ3) is 3.18. The van der Waals surface area contributed by atoms with Crippen molar-refractivity contribution in [2.24, 2.45) is 0 Å². The molecule has 3 nitrogen and oxygen atoms in total. The summed E-state index contributed by atoms with van der Waals surface area (Å²) in [6.07, 6.45) is 2.39. The molecule has 0 saturated heterocycles. The van der Waals surface area contributed by atoms with Crippen LogP contribution in [0, 0.1) is 0 Å². The van der Waals surface area contributed by atoms with E-state index in [1.165, 1.54) is 0 Å². The van der Waals surface area contributed by atoms with Crippen LogP contribution >= 0.6 is 15.9 Å². The van der Waals surface area contributed by atoms with Crippen LogP contribution in [0.2, 0.25) is 0 Å². The summed E-state index contributed by atoms with van der Waals surface area (Å²) in [6.45, 7) is 2.04. The molecule has 0 aromatic heterocycles. The van der Waals surface area contributed by atoms with E-state index in [0.717, 1.165) is 18.4 Å². The maximum absolute atomic E-state index is 13.2. The molecule has 1 atom stereocenters. The first kappa shape index (κ1) is 18.7. The number of hydrogen-bond donors (Lipinski definition) is 0.